The Morgan fingerprint density at radius 3 is 2.57 bits per heavy atom. The zero-order chi connectivity index (χ0) is 20.7. The van der Waals surface area contributed by atoms with Gasteiger partial charge in [0.2, 0.25) is 11.8 Å². The minimum atomic E-state index is -0.297. The Morgan fingerprint density at radius 1 is 1.21 bits per heavy atom. The van der Waals surface area contributed by atoms with Crippen molar-refractivity contribution in [3.8, 4) is 11.5 Å². The molecule has 156 valence electrons. The van der Waals surface area contributed by atoms with E-state index in [0.717, 1.165) is 24.2 Å². The van der Waals surface area contributed by atoms with Crippen LogP contribution in [0.15, 0.2) is 18.2 Å². The highest BCUT2D eigenvalue weighted by atomic mass is 16.5. The number of carbonyl (C=O) groups is 2. The number of likely N-dealkylation sites (tertiary alicyclic amines) is 1. The van der Waals surface area contributed by atoms with Crippen LogP contribution in [0.1, 0.15) is 51.5 Å². The van der Waals surface area contributed by atoms with Crippen LogP contribution in [0, 0.1) is 11.8 Å². The fraction of sp³-hybridized carbons (Fsp3) is 0.636. The first kappa shape index (κ1) is 22.1. The third-order valence-corrected chi connectivity index (χ3v) is 5.26. The maximum atomic E-state index is 12.9. The van der Waals surface area contributed by atoms with Crippen molar-refractivity contribution in [1.29, 1.82) is 0 Å². The molecule has 1 saturated heterocycles. The van der Waals surface area contributed by atoms with Crippen LogP contribution < -0.4 is 14.8 Å². The van der Waals surface area contributed by atoms with Gasteiger partial charge in [0.25, 0.3) is 0 Å². The number of hydrogen-bond acceptors (Lipinski definition) is 4. The fourth-order valence-electron chi connectivity index (χ4n) is 3.72. The Balaban J connectivity index is 2.31. The molecule has 6 nitrogen and oxygen atoms in total. The Morgan fingerprint density at radius 2 is 1.96 bits per heavy atom. The standard InChI is InChI=1S/C22H34N2O4/c1-6-7-10-23-22(26)19-14-24(21(25)11-15(2)3)13-18(19)17-12-16(27-4)8-9-20(17)28-5/h8-9,12,15,18-19H,6-7,10-11,13-14H2,1-5H3,(H,23,26). The zero-order valence-corrected chi connectivity index (χ0v) is 17.8. The topological polar surface area (TPSA) is 67.9 Å². The lowest BCUT2D eigenvalue weighted by molar-refractivity contribution is -0.131. The second kappa shape index (κ2) is 10.3. The van der Waals surface area contributed by atoms with Crippen LogP contribution in [0.3, 0.4) is 0 Å². The van der Waals surface area contributed by atoms with Crippen LogP contribution in [0.25, 0.3) is 0 Å². The summed E-state index contributed by atoms with van der Waals surface area (Å²) in [7, 11) is 3.24. The van der Waals surface area contributed by atoms with Gasteiger partial charge in [-0.3, -0.25) is 9.59 Å². The number of methoxy groups -OCH3 is 2. The Bertz CT molecular complexity index is 675. The molecule has 2 amide bonds. The van der Waals surface area contributed by atoms with E-state index in [1.807, 2.05) is 36.9 Å². The van der Waals surface area contributed by atoms with Crippen molar-refractivity contribution >= 4 is 11.8 Å². The first-order valence-corrected chi connectivity index (χ1v) is 10.2. The quantitative estimate of drug-likeness (QED) is 0.658. The van der Waals surface area contributed by atoms with Gasteiger partial charge in [-0.25, -0.2) is 0 Å². The van der Waals surface area contributed by atoms with Crippen molar-refractivity contribution in [3.05, 3.63) is 23.8 Å². The van der Waals surface area contributed by atoms with Crippen LogP contribution in [0.5, 0.6) is 11.5 Å². The van der Waals surface area contributed by atoms with Gasteiger partial charge in [-0.2, -0.15) is 0 Å². The maximum absolute atomic E-state index is 12.9. The van der Waals surface area contributed by atoms with Gasteiger partial charge in [0.05, 0.1) is 20.1 Å². The van der Waals surface area contributed by atoms with Gasteiger partial charge in [0, 0.05) is 37.5 Å². The Labute approximate surface area is 168 Å². The summed E-state index contributed by atoms with van der Waals surface area (Å²) in [5.74, 6) is 1.41. The van der Waals surface area contributed by atoms with Gasteiger partial charge in [-0.15, -0.1) is 0 Å². The molecular weight excluding hydrogens is 356 g/mol. The minimum Gasteiger partial charge on any atom is -0.497 e. The molecule has 2 unspecified atom stereocenters. The van der Waals surface area contributed by atoms with Crippen LogP contribution in [0.2, 0.25) is 0 Å². The van der Waals surface area contributed by atoms with Gasteiger partial charge in [-0.1, -0.05) is 27.2 Å². The van der Waals surface area contributed by atoms with Gasteiger partial charge < -0.3 is 19.7 Å². The summed E-state index contributed by atoms with van der Waals surface area (Å²) in [6, 6.07) is 5.63. The first-order chi connectivity index (χ1) is 13.4. The molecule has 1 aromatic carbocycles. The number of amides is 2. The number of carbonyl (C=O) groups excluding carboxylic acids is 2. The molecule has 0 radical (unpaired) electrons. The van der Waals surface area contributed by atoms with Crippen molar-refractivity contribution in [3.63, 3.8) is 0 Å². The van der Waals surface area contributed by atoms with Gasteiger partial charge in [-0.05, 0) is 30.5 Å². The van der Waals surface area contributed by atoms with E-state index in [4.69, 9.17) is 9.47 Å². The smallest absolute Gasteiger partial charge is 0.225 e. The summed E-state index contributed by atoms with van der Waals surface area (Å²) in [4.78, 5) is 27.4. The van der Waals surface area contributed by atoms with E-state index in [1.54, 1.807) is 14.2 Å². The molecule has 1 N–H and O–H groups in total. The molecule has 1 aliphatic rings. The van der Waals surface area contributed by atoms with Crippen molar-refractivity contribution in [2.75, 3.05) is 33.9 Å². The summed E-state index contributed by atoms with van der Waals surface area (Å²) in [6.45, 7) is 7.78. The zero-order valence-electron chi connectivity index (χ0n) is 17.8. The van der Waals surface area contributed by atoms with E-state index in [-0.39, 0.29) is 29.6 Å². The highest BCUT2D eigenvalue weighted by Crippen LogP contribution is 2.39. The maximum Gasteiger partial charge on any atom is 0.225 e. The van der Waals surface area contributed by atoms with E-state index >= 15 is 0 Å². The average Bonchev–Trinajstić information content (AvgIpc) is 3.12. The lowest BCUT2D eigenvalue weighted by Gasteiger charge is -2.21. The molecule has 1 heterocycles. The molecule has 0 aliphatic carbocycles. The molecule has 6 heteroatoms. The predicted molar refractivity (Wildman–Crippen MR) is 110 cm³/mol. The highest BCUT2D eigenvalue weighted by Gasteiger charge is 2.41. The molecule has 0 spiro atoms. The number of hydrogen-bond donors (Lipinski definition) is 1. The second-order valence-corrected chi connectivity index (χ2v) is 7.86. The Hall–Kier alpha value is -2.24. The van der Waals surface area contributed by atoms with Gasteiger partial charge in [0.1, 0.15) is 11.5 Å². The summed E-state index contributed by atoms with van der Waals surface area (Å²) in [5, 5.41) is 3.04. The SMILES string of the molecule is CCCCNC(=O)C1CN(C(=O)CC(C)C)CC1c1cc(OC)ccc1OC. The third kappa shape index (κ3) is 5.40. The van der Waals surface area contributed by atoms with E-state index < -0.39 is 0 Å². The molecule has 0 bridgehead atoms. The van der Waals surface area contributed by atoms with E-state index in [0.29, 0.717) is 31.8 Å². The van der Waals surface area contributed by atoms with Crippen LogP contribution >= 0.6 is 0 Å². The molecule has 1 aliphatic heterocycles. The van der Waals surface area contributed by atoms with Gasteiger partial charge >= 0.3 is 0 Å². The van der Waals surface area contributed by atoms with Crippen LogP contribution in [0.4, 0.5) is 0 Å². The summed E-state index contributed by atoms with van der Waals surface area (Å²) >= 11 is 0. The van der Waals surface area contributed by atoms with E-state index in [9.17, 15) is 9.59 Å². The number of nitrogens with one attached hydrogen (secondary N) is 1. The van der Waals surface area contributed by atoms with E-state index in [2.05, 4.69) is 12.2 Å². The van der Waals surface area contributed by atoms with Gasteiger partial charge in [0.15, 0.2) is 0 Å². The average molecular weight is 391 g/mol. The molecule has 2 rings (SSSR count). The molecule has 2 atom stereocenters. The number of rotatable bonds is 9. The number of ether oxygens (including phenoxy) is 2. The van der Waals surface area contributed by atoms with Crippen molar-refractivity contribution < 1.29 is 19.1 Å². The minimum absolute atomic E-state index is 0.00294. The second-order valence-electron chi connectivity index (χ2n) is 7.86. The molecule has 1 aromatic rings. The summed E-state index contributed by atoms with van der Waals surface area (Å²) < 4.78 is 10.9. The fourth-order valence-corrected chi connectivity index (χ4v) is 3.72. The number of nitrogens with zero attached hydrogens (tertiary/aromatic N) is 1. The normalized spacial score (nSPS) is 19.0. The van der Waals surface area contributed by atoms with Crippen LogP contribution in [-0.4, -0.2) is 50.6 Å². The monoisotopic (exact) mass is 390 g/mol. The number of unbranched alkanes of at least 4 members (excludes halogenated alkanes) is 1. The molecule has 0 saturated carbocycles. The summed E-state index contributed by atoms with van der Waals surface area (Å²) in [6.07, 6.45) is 2.46. The highest BCUT2D eigenvalue weighted by molar-refractivity contribution is 5.83. The lowest BCUT2D eigenvalue weighted by Crippen LogP contribution is -2.36. The van der Waals surface area contributed by atoms with Crippen molar-refractivity contribution in [1.82, 2.24) is 10.2 Å². The largest absolute Gasteiger partial charge is 0.497 e. The van der Waals surface area contributed by atoms with Crippen molar-refractivity contribution in [2.45, 2.75) is 46.0 Å². The molecule has 1 fully saturated rings. The first-order valence-electron chi connectivity index (χ1n) is 10.2. The number of benzene rings is 1. The third-order valence-electron chi connectivity index (χ3n) is 5.26. The predicted octanol–water partition coefficient (Wildman–Crippen LogP) is 3.21. The Kier molecular flexibility index (Phi) is 8.15. The van der Waals surface area contributed by atoms with Crippen molar-refractivity contribution in [2.24, 2.45) is 11.8 Å². The lowest BCUT2D eigenvalue weighted by atomic mass is 9.87. The van der Waals surface area contributed by atoms with E-state index in [1.165, 1.54) is 0 Å². The molecule has 28 heavy (non-hydrogen) atoms. The molecular formula is C22H34N2O4. The molecule has 0 aromatic heterocycles. The van der Waals surface area contributed by atoms with Crippen LogP contribution in [-0.2, 0) is 9.59 Å². The summed E-state index contributed by atoms with van der Waals surface area (Å²) in [5.41, 5.74) is 0.914.